The average Bonchev–Trinajstić information content (AvgIpc) is 2.96. The summed E-state index contributed by atoms with van der Waals surface area (Å²) in [5.74, 6) is -0.393. The van der Waals surface area contributed by atoms with Crippen LogP contribution in [0.1, 0.15) is 5.56 Å². The molecule has 7 heteroatoms. The van der Waals surface area contributed by atoms with Crippen LogP contribution in [-0.2, 0) is 21.1 Å². The Bertz CT molecular complexity index is 949. The molecule has 0 aliphatic carbocycles. The summed E-state index contributed by atoms with van der Waals surface area (Å²) in [5, 5.41) is 0. The number of carbonyl (C=O) groups is 1. The Morgan fingerprint density at radius 1 is 0.963 bits per heavy atom. The second kappa shape index (κ2) is 7.05. The highest BCUT2D eigenvalue weighted by molar-refractivity contribution is 7.91. The van der Waals surface area contributed by atoms with Gasteiger partial charge in [-0.3, -0.25) is 9.69 Å². The first-order valence-electron chi connectivity index (χ1n) is 8.99. The van der Waals surface area contributed by atoms with Crippen molar-refractivity contribution < 1.29 is 17.6 Å². The van der Waals surface area contributed by atoms with Gasteiger partial charge in [0.05, 0.1) is 24.1 Å². The van der Waals surface area contributed by atoms with Gasteiger partial charge in [-0.1, -0.05) is 36.4 Å². The zero-order valence-electron chi connectivity index (χ0n) is 14.8. The first kappa shape index (κ1) is 18.1. The maximum Gasteiger partial charge on any atom is 0.241 e. The lowest BCUT2D eigenvalue weighted by molar-refractivity contribution is -0.123. The van der Waals surface area contributed by atoms with Crippen molar-refractivity contribution in [2.45, 2.75) is 18.5 Å². The Hall–Kier alpha value is -2.25. The Kier molecular flexibility index (Phi) is 4.74. The maximum absolute atomic E-state index is 13.9. The molecule has 0 spiro atoms. The van der Waals surface area contributed by atoms with E-state index in [-0.39, 0.29) is 35.8 Å². The number of piperazine rings is 1. The van der Waals surface area contributed by atoms with Crippen LogP contribution in [-0.4, -0.2) is 55.9 Å². The van der Waals surface area contributed by atoms with Crippen LogP contribution in [0, 0.1) is 5.82 Å². The van der Waals surface area contributed by atoms with Crippen molar-refractivity contribution in [3.63, 3.8) is 0 Å². The molecule has 5 nitrogen and oxygen atoms in total. The van der Waals surface area contributed by atoms with Crippen LogP contribution in [0.15, 0.2) is 54.6 Å². The summed E-state index contributed by atoms with van der Waals surface area (Å²) in [6.45, 7) is 0.589. The lowest BCUT2D eigenvalue weighted by atomic mass is 10.0. The van der Waals surface area contributed by atoms with Gasteiger partial charge in [0.1, 0.15) is 5.82 Å². The van der Waals surface area contributed by atoms with E-state index < -0.39 is 15.9 Å². The molecule has 0 unspecified atom stereocenters. The number of nitrogens with zero attached hydrogens (tertiary/aromatic N) is 2. The number of hydrogen-bond acceptors (Lipinski definition) is 4. The SMILES string of the molecule is O=C1CN(CCc2ccccc2F)[C@@H]2CS(=O)(=O)C[C@H]2N1c1ccccc1. The van der Waals surface area contributed by atoms with Crippen molar-refractivity contribution in [3.8, 4) is 0 Å². The summed E-state index contributed by atoms with van der Waals surface area (Å²) in [5.41, 5.74) is 1.30. The number of hydrogen-bond donors (Lipinski definition) is 0. The van der Waals surface area contributed by atoms with Crippen LogP contribution in [0.3, 0.4) is 0 Å². The van der Waals surface area contributed by atoms with Gasteiger partial charge in [0.25, 0.3) is 0 Å². The fourth-order valence-electron chi connectivity index (χ4n) is 4.09. The third-order valence-electron chi connectivity index (χ3n) is 5.36. The van der Waals surface area contributed by atoms with Crippen LogP contribution >= 0.6 is 0 Å². The van der Waals surface area contributed by atoms with Gasteiger partial charge in [-0.25, -0.2) is 12.8 Å². The highest BCUT2D eigenvalue weighted by atomic mass is 32.2. The minimum absolute atomic E-state index is 0.0332. The Morgan fingerprint density at radius 2 is 1.63 bits per heavy atom. The normalized spacial score (nSPS) is 24.8. The van der Waals surface area contributed by atoms with Crippen molar-refractivity contribution in [2.75, 3.05) is 29.5 Å². The third kappa shape index (κ3) is 3.61. The van der Waals surface area contributed by atoms with Gasteiger partial charge in [-0.2, -0.15) is 0 Å². The summed E-state index contributed by atoms with van der Waals surface area (Å²) in [7, 11) is -3.23. The summed E-state index contributed by atoms with van der Waals surface area (Å²) in [6, 6.07) is 15.1. The van der Waals surface area contributed by atoms with E-state index in [1.807, 2.05) is 35.2 Å². The van der Waals surface area contributed by atoms with Crippen molar-refractivity contribution in [1.82, 2.24) is 4.90 Å². The number of amides is 1. The zero-order valence-corrected chi connectivity index (χ0v) is 15.6. The quantitative estimate of drug-likeness (QED) is 0.803. The summed E-state index contributed by atoms with van der Waals surface area (Å²) < 4.78 is 38.6. The van der Waals surface area contributed by atoms with Crippen LogP contribution in [0.2, 0.25) is 0 Å². The van der Waals surface area contributed by atoms with E-state index in [9.17, 15) is 17.6 Å². The number of anilines is 1. The van der Waals surface area contributed by atoms with Gasteiger partial charge < -0.3 is 4.90 Å². The Labute approximate surface area is 158 Å². The van der Waals surface area contributed by atoms with Crippen LogP contribution < -0.4 is 4.90 Å². The fourth-order valence-corrected chi connectivity index (χ4v) is 6.07. The topological polar surface area (TPSA) is 57.7 Å². The molecule has 0 bridgehead atoms. The maximum atomic E-state index is 13.9. The molecule has 142 valence electrons. The zero-order chi connectivity index (χ0) is 19.0. The third-order valence-corrected chi connectivity index (χ3v) is 7.06. The molecule has 0 saturated carbocycles. The predicted octanol–water partition coefficient (Wildman–Crippen LogP) is 1.88. The predicted molar refractivity (Wildman–Crippen MR) is 102 cm³/mol. The van der Waals surface area contributed by atoms with Crippen molar-refractivity contribution in [2.24, 2.45) is 0 Å². The molecule has 2 aromatic rings. The lowest BCUT2D eigenvalue weighted by Gasteiger charge is -2.43. The summed E-state index contributed by atoms with van der Waals surface area (Å²) >= 11 is 0. The molecular formula is C20H21FN2O3S. The molecule has 0 N–H and O–H groups in total. The molecule has 2 aliphatic heterocycles. The first-order chi connectivity index (χ1) is 12.9. The van der Waals surface area contributed by atoms with Crippen LogP contribution in [0.5, 0.6) is 0 Å². The van der Waals surface area contributed by atoms with E-state index in [0.717, 1.165) is 5.69 Å². The molecule has 2 saturated heterocycles. The standard InChI is InChI=1S/C20H21FN2O3S/c21-17-9-5-4-6-15(17)10-11-22-12-20(24)23(16-7-2-1-3-8-16)19-14-27(25,26)13-18(19)22/h1-9,18-19H,10-14H2/t18-,19-/m1/s1. The number of benzene rings is 2. The molecule has 0 radical (unpaired) electrons. The molecule has 0 aromatic heterocycles. The van der Waals surface area contributed by atoms with Crippen molar-refractivity contribution in [1.29, 1.82) is 0 Å². The van der Waals surface area contributed by atoms with Crippen molar-refractivity contribution in [3.05, 3.63) is 66.0 Å². The molecule has 2 aromatic carbocycles. The van der Waals surface area contributed by atoms with Crippen molar-refractivity contribution >= 4 is 21.4 Å². The number of fused-ring (bicyclic) bond motifs is 1. The molecule has 2 atom stereocenters. The summed E-state index contributed by atoms with van der Waals surface area (Å²) in [6.07, 6.45) is 0.439. The number of rotatable bonds is 4. The Balaban J connectivity index is 1.59. The second-order valence-corrected chi connectivity index (χ2v) is 9.28. The monoisotopic (exact) mass is 388 g/mol. The molecule has 27 heavy (non-hydrogen) atoms. The minimum Gasteiger partial charge on any atom is -0.306 e. The van der Waals surface area contributed by atoms with Gasteiger partial charge in [0.2, 0.25) is 5.91 Å². The summed E-state index contributed by atoms with van der Waals surface area (Å²) in [4.78, 5) is 16.4. The van der Waals surface area contributed by atoms with E-state index >= 15 is 0 Å². The first-order valence-corrected chi connectivity index (χ1v) is 10.8. The van der Waals surface area contributed by atoms with E-state index in [0.29, 0.717) is 18.5 Å². The molecule has 2 fully saturated rings. The smallest absolute Gasteiger partial charge is 0.241 e. The van der Waals surface area contributed by atoms with E-state index in [4.69, 9.17) is 0 Å². The molecule has 2 heterocycles. The second-order valence-electron chi connectivity index (χ2n) is 7.12. The fraction of sp³-hybridized carbons (Fsp3) is 0.350. The van der Waals surface area contributed by atoms with Gasteiger partial charge in [0.15, 0.2) is 9.84 Å². The molecular weight excluding hydrogens is 367 g/mol. The number of carbonyl (C=O) groups excluding carboxylic acids is 1. The van der Waals surface area contributed by atoms with E-state index in [1.165, 1.54) is 6.07 Å². The highest BCUT2D eigenvalue weighted by Gasteiger charge is 2.49. The minimum atomic E-state index is -3.23. The van der Waals surface area contributed by atoms with Gasteiger partial charge in [0, 0.05) is 18.3 Å². The van der Waals surface area contributed by atoms with Gasteiger partial charge >= 0.3 is 0 Å². The highest BCUT2D eigenvalue weighted by Crippen LogP contribution is 2.31. The van der Waals surface area contributed by atoms with Gasteiger partial charge in [-0.15, -0.1) is 0 Å². The number of sulfone groups is 1. The molecule has 4 rings (SSSR count). The largest absolute Gasteiger partial charge is 0.306 e. The lowest BCUT2D eigenvalue weighted by Crippen LogP contribution is -2.62. The number of para-hydroxylation sites is 1. The number of halogens is 1. The molecule has 2 aliphatic rings. The Morgan fingerprint density at radius 3 is 2.37 bits per heavy atom. The van der Waals surface area contributed by atoms with E-state index in [1.54, 1.807) is 23.1 Å². The van der Waals surface area contributed by atoms with E-state index in [2.05, 4.69) is 0 Å². The molecule has 1 amide bonds. The van der Waals surface area contributed by atoms with Gasteiger partial charge in [-0.05, 0) is 30.2 Å². The van der Waals surface area contributed by atoms with Crippen LogP contribution in [0.25, 0.3) is 0 Å². The average molecular weight is 388 g/mol. The van der Waals surface area contributed by atoms with Crippen LogP contribution in [0.4, 0.5) is 10.1 Å².